The van der Waals surface area contributed by atoms with Crippen molar-refractivity contribution in [1.82, 2.24) is 0 Å². The van der Waals surface area contributed by atoms with Gasteiger partial charge in [0.2, 0.25) is 0 Å². The number of rotatable bonds is 15. The van der Waals surface area contributed by atoms with E-state index >= 15 is 0 Å². The van der Waals surface area contributed by atoms with Gasteiger partial charge in [0.15, 0.2) is 0 Å². The van der Waals surface area contributed by atoms with E-state index in [9.17, 15) is 28.4 Å². The van der Waals surface area contributed by atoms with E-state index < -0.39 is 24.1 Å². The summed E-state index contributed by atoms with van der Waals surface area (Å²) in [5, 5.41) is 0. The van der Waals surface area contributed by atoms with Crippen molar-refractivity contribution in [3.8, 4) is 0 Å². The molecule has 10 heteroatoms. The molecule has 0 rings (SSSR count). The number of unbranched alkanes of at least 4 members (excludes halogenated alkanes) is 9. The molecule has 3 atom stereocenters. The van der Waals surface area contributed by atoms with E-state index in [0.717, 1.165) is 57.8 Å². The maximum absolute atomic E-state index is 10.0. The molecule has 0 saturated heterocycles. The quantitative estimate of drug-likeness (QED) is 0.246. The zero-order chi connectivity index (χ0) is 21.3. The molecule has 0 aliphatic carbocycles. The van der Waals surface area contributed by atoms with Gasteiger partial charge in [-0.25, -0.2) is 0 Å². The van der Waals surface area contributed by atoms with Crippen LogP contribution < -0.4 is 14.7 Å². The van der Waals surface area contributed by atoms with E-state index in [-0.39, 0.29) is 17.4 Å². The third-order valence-corrected chi connectivity index (χ3v) is 5.99. The van der Waals surface area contributed by atoms with Crippen molar-refractivity contribution in [2.75, 3.05) is 18.5 Å². The molecular formula is C18H42CrO6P3. The minimum Gasteiger partial charge on any atom is -0.802 e. The van der Waals surface area contributed by atoms with Crippen molar-refractivity contribution >= 4 is 24.1 Å². The maximum Gasteiger partial charge on any atom is 3.00 e. The largest absolute Gasteiger partial charge is 3.00 e. The van der Waals surface area contributed by atoms with Gasteiger partial charge in [0.05, 0.1) is 0 Å². The van der Waals surface area contributed by atoms with Crippen LogP contribution in [0.2, 0.25) is 0 Å². The van der Waals surface area contributed by atoms with Crippen LogP contribution in [-0.4, -0.2) is 18.5 Å². The molecule has 0 amide bonds. The first kappa shape index (κ1) is 36.5. The predicted octanol–water partition coefficient (Wildman–Crippen LogP) is 4.20. The second kappa shape index (κ2) is 32.8. The fourth-order valence-corrected chi connectivity index (χ4v) is 3.70. The summed E-state index contributed by atoms with van der Waals surface area (Å²) in [6.07, 6.45) is 14.0. The van der Waals surface area contributed by atoms with Crippen molar-refractivity contribution in [3.63, 3.8) is 0 Å². The summed E-state index contributed by atoms with van der Waals surface area (Å²) in [6, 6.07) is 0. The third kappa shape index (κ3) is 50.6. The maximum atomic E-state index is 10.0. The molecule has 0 spiro atoms. The summed E-state index contributed by atoms with van der Waals surface area (Å²) < 4.78 is 30.1. The summed E-state index contributed by atoms with van der Waals surface area (Å²) in [5.74, 6) is 0. The zero-order valence-corrected chi connectivity index (χ0v) is 22.2. The third-order valence-electron chi connectivity index (χ3n) is 3.70. The van der Waals surface area contributed by atoms with Crippen molar-refractivity contribution in [1.29, 1.82) is 0 Å². The molecule has 0 N–H and O–H groups in total. The molecule has 0 saturated carbocycles. The van der Waals surface area contributed by atoms with E-state index in [1.165, 1.54) is 19.3 Å². The van der Waals surface area contributed by atoms with Crippen LogP contribution >= 0.6 is 24.1 Å². The molecule has 0 aliphatic heterocycles. The van der Waals surface area contributed by atoms with Gasteiger partial charge in [-0.05, 0) is 37.7 Å². The van der Waals surface area contributed by atoms with Gasteiger partial charge in [-0.2, -0.15) is 0 Å². The van der Waals surface area contributed by atoms with Gasteiger partial charge in [-0.3, -0.25) is 0 Å². The first-order valence-electron chi connectivity index (χ1n) is 10.4. The van der Waals surface area contributed by atoms with Crippen molar-refractivity contribution < 1.29 is 45.7 Å². The predicted molar refractivity (Wildman–Crippen MR) is 114 cm³/mol. The van der Waals surface area contributed by atoms with Crippen LogP contribution in [0.1, 0.15) is 97.8 Å². The van der Waals surface area contributed by atoms with Gasteiger partial charge in [-0.15, -0.1) is 0 Å². The van der Waals surface area contributed by atoms with E-state index in [2.05, 4.69) is 20.8 Å². The SMILES string of the molecule is CCCCCC[PH](=O)[O-].CCCCCC[PH](=O)[O-].CCCCCC[PH](=O)[O-].[Cr+3]. The Morgan fingerprint density at radius 2 is 0.679 bits per heavy atom. The molecule has 0 bridgehead atoms. The molecule has 171 valence electrons. The Bertz CT molecular complexity index is 308. The summed E-state index contributed by atoms with van der Waals surface area (Å²) in [6.45, 7) is 6.33. The normalized spacial score (nSPS) is 13.1. The zero-order valence-electron chi connectivity index (χ0n) is 18.0. The molecule has 28 heavy (non-hydrogen) atoms. The van der Waals surface area contributed by atoms with Crippen LogP contribution in [-0.2, 0) is 31.1 Å². The molecule has 0 aromatic carbocycles. The van der Waals surface area contributed by atoms with Crippen LogP contribution in [0.4, 0.5) is 0 Å². The molecule has 0 heterocycles. The molecule has 3 unspecified atom stereocenters. The van der Waals surface area contributed by atoms with E-state index in [4.69, 9.17) is 0 Å². The first-order valence-corrected chi connectivity index (χ1v) is 15.0. The van der Waals surface area contributed by atoms with Gasteiger partial charge in [0, 0.05) is 24.1 Å². The van der Waals surface area contributed by atoms with Gasteiger partial charge in [-0.1, -0.05) is 78.6 Å². The fraction of sp³-hybridized carbons (Fsp3) is 1.00. The Labute approximate surface area is 186 Å². The topological polar surface area (TPSA) is 120 Å². The van der Waals surface area contributed by atoms with Crippen LogP contribution in [0.3, 0.4) is 0 Å². The summed E-state index contributed by atoms with van der Waals surface area (Å²) in [5.41, 5.74) is 0. The van der Waals surface area contributed by atoms with E-state index in [0.29, 0.717) is 18.5 Å². The fourth-order valence-electron chi connectivity index (χ4n) is 2.09. The average Bonchev–Trinajstić information content (AvgIpc) is 2.60. The minimum atomic E-state index is -2.42. The van der Waals surface area contributed by atoms with Gasteiger partial charge in [0.25, 0.3) is 0 Å². The smallest absolute Gasteiger partial charge is 0.802 e. The Morgan fingerprint density at radius 1 is 0.464 bits per heavy atom. The number of hydrogen-bond donors (Lipinski definition) is 0. The average molecular weight is 499 g/mol. The Morgan fingerprint density at radius 3 is 0.821 bits per heavy atom. The van der Waals surface area contributed by atoms with Crippen LogP contribution in [0.15, 0.2) is 0 Å². The Kier molecular flexibility index (Phi) is 42.7. The molecule has 0 fully saturated rings. The van der Waals surface area contributed by atoms with Crippen molar-refractivity contribution in [2.45, 2.75) is 97.8 Å². The molecule has 0 aliphatic rings. The van der Waals surface area contributed by atoms with Crippen LogP contribution in [0.5, 0.6) is 0 Å². The van der Waals surface area contributed by atoms with Gasteiger partial charge in [0.1, 0.15) is 0 Å². The van der Waals surface area contributed by atoms with Crippen molar-refractivity contribution in [3.05, 3.63) is 0 Å². The summed E-state index contributed by atoms with van der Waals surface area (Å²) in [7, 11) is -7.25. The number of hydrogen-bond acceptors (Lipinski definition) is 6. The summed E-state index contributed by atoms with van der Waals surface area (Å²) in [4.78, 5) is 30.1. The molecule has 1 radical (unpaired) electrons. The van der Waals surface area contributed by atoms with Crippen molar-refractivity contribution in [2.24, 2.45) is 0 Å². The standard InChI is InChI=1S/3C6H15O2P.Cr/c3*1-2-3-4-5-6-9(7)8;/h3*9H,2-6H2,1H3,(H,7,8);/q;;;+3/p-3. The van der Waals surface area contributed by atoms with E-state index in [1.54, 1.807) is 0 Å². The second-order valence-electron chi connectivity index (χ2n) is 6.55. The van der Waals surface area contributed by atoms with Crippen LogP contribution in [0.25, 0.3) is 0 Å². The van der Waals surface area contributed by atoms with Gasteiger partial charge >= 0.3 is 17.4 Å². The monoisotopic (exact) mass is 499 g/mol. The molecule has 0 aromatic rings. The Balaban J connectivity index is -0.000000152. The minimum absolute atomic E-state index is 0. The van der Waals surface area contributed by atoms with E-state index in [1.807, 2.05) is 0 Å². The molecular weight excluding hydrogens is 457 g/mol. The van der Waals surface area contributed by atoms with Gasteiger partial charge < -0.3 is 28.4 Å². The molecule has 0 aromatic heterocycles. The second-order valence-corrected chi connectivity index (χ2v) is 10.3. The Hall–Kier alpha value is 1.10. The summed E-state index contributed by atoms with van der Waals surface area (Å²) >= 11 is 0. The molecule has 6 nitrogen and oxygen atoms in total. The van der Waals surface area contributed by atoms with Crippen LogP contribution in [0, 0.1) is 0 Å². The first-order chi connectivity index (χ1) is 12.8.